The summed E-state index contributed by atoms with van der Waals surface area (Å²) in [4.78, 5) is 36.0. The minimum absolute atomic E-state index is 0.0105. The molecule has 2 aromatic carbocycles. The van der Waals surface area contributed by atoms with Crippen molar-refractivity contribution in [2.45, 2.75) is 19.3 Å². The number of hydrogen-bond donors (Lipinski definition) is 0. The third kappa shape index (κ3) is 4.88. The Morgan fingerprint density at radius 1 is 0.912 bits per heavy atom. The molecule has 1 fully saturated rings. The Morgan fingerprint density at radius 3 is 2.47 bits per heavy atom. The molecule has 1 aromatic heterocycles. The van der Waals surface area contributed by atoms with Gasteiger partial charge in [0.25, 0.3) is 0 Å². The van der Waals surface area contributed by atoms with Gasteiger partial charge in [0, 0.05) is 23.9 Å². The fourth-order valence-corrected chi connectivity index (χ4v) is 4.54. The Balaban J connectivity index is 1.06. The van der Waals surface area contributed by atoms with Gasteiger partial charge in [-0.1, -0.05) is 12.2 Å². The SMILES string of the molecule is O=C(Oc1ccc2ccc(=O)oc2c1)c1ccc(OCCCOC(=O)C2C[C@@H]3C=C[C@H]2C3)cc1. The van der Waals surface area contributed by atoms with Crippen LogP contribution in [0, 0.1) is 17.8 Å². The summed E-state index contributed by atoms with van der Waals surface area (Å²) in [6.45, 7) is 0.725. The van der Waals surface area contributed by atoms with Gasteiger partial charge in [-0.3, -0.25) is 4.79 Å². The van der Waals surface area contributed by atoms with Crippen LogP contribution in [0.5, 0.6) is 11.5 Å². The van der Waals surface area contributed by atoms with Gasteiger partial charge in [0.05, 0.1) is 24.7 Å². The van der Waals surface area contributed by atoms with Crippen molar-refractivity contribution in [3.8, 4) is 11.5 Å². The van der Waals surface area contributed by atoms with Crippen LogP contribution in [-0.4, -0.2) is 25.2 Å². The van der Waals surface area contributed by atoms with Gasteiger partial charge in [-0.05, 0) is 67.1 Å². The lowest BCUT2D eigenvalue weighted by Gasteiger charge is -2.16. The van der Waals surface area contributed by atoms with Crippen LogP contribution in [0.25, 0.3) is 11.0 Å². The molecule has 174 valence electrons. The Labute approximate surface area is 195 Å². The molecule has 0 saturated heterocycles. The van der Waals surface area contributed by atoms with E-state index in [9.17, 15) is 14.4 Å². The molecule has 1 saturated carbocycles. The number of carbonyl (C=O) groups excluding carboxylic acids is 2. The number of esters is 2. The lowest BCUT2D eigenvalue weighted by atomic mass is 9.94. The van der Waals surface area contributed by atoms with Gasteiger partial charge in [0.1, 0.15) is 17.1 Å². The number of benzene rings is 2. The van der Waals surface area contributed by atoms with Gasteiger partial charge >= 0.3 is 17.6 Å². The molecule has 7 nitrogen and oxygen atoms in total. The van der Waals surface area contributed by atoms with E-state index in [0.717, 1.165) is 18.2 Å². The predicted molar refractivity (Wildman–Crippen MR) is 124 cm³/mol. The van der Waals surface area contributed by atoms with Crippen molar-refractivity contribution < 1.29 is 28.2 Å². The molecule has 0 radical (unpaired) electrons. The lowest BCUT2D eigenvalue weighted by Crippen LogP contribution is -2.22. The molecule has 2 aliphatic carbocycles. The number of ether oxygens (including phenoxy) is 3. The van der Waals surface area contributed by atoms with Gasteiger partial charge < -0.3 is 18.6 Å². The van der Waals surface area contributed by atoms with E-state index in [1.807, 2.05) is 0 Å². The number of rotatable bonds is 8. The summed E-state index contributed by atoms with van der Waals surface area (Å²) >= 11 is 0. The second-order valence-electron chi connectivity index (χ2n) is 8.62. The standard InChI is InChI=1S/C27H24O7/c28-25-11-7-18-4-10-22(16-24(18)34-25)33-26(29)19-5-8-21(9-6-19)31-12-1-13-32-27(30)23-15-17-2-3-20(23)14-17/h2-11,16-17,20,23H,1,12-15H2/t17-,20+,23?/m1/s1. The molecule has 2 bridgehead atoms. The monoisotopic (exact) mass is 460 g/mol. The van der Waals surface area contributed by atoms with E-state index in [2.05, 4.69) is 12.2 Å². The van der Waals surface area contributed by atoms with E-state index in [0.29, 0.717) is 48.4 Å². The highest BCUT2D eigenvalue weighted by Crippen LogP contribution is 2.43. The van der Waals surface area contributed by atoms with Gasteiger partial charge in [-0.25, -0.2) is 9.59 Å². The number of allylic oxidation sites excluding steroid dienone is 2. The molecule has 5 rings (SSSR count). The second kappa shape index (κ2) is 9.55. The molecule has 34 heavy (non-hydrogen) atoms. The Kier molecular flexibility index (Phi) is 6.16. The molecule has 0 amide bonds. The molecule has 1 heterocycles. The molecule has 7 heteroatoms. The first-order valence-electron chi connectivity index (χ1n) is 11.4. The summed E-state index contributed by atoms with van der Waals surface area (Å²) in [6.07, 6.45) is 6.92. The van der Waals surface area contributed by atoms with Crippen LogP contribution in [0.3, 0.4) is 0 Å². The van der Waals surface area contributed by atoms with Crippen LogP contribution in [0.15, 0.2) is 76.0 Å². The van der Waals surface area contributed by atoms with Crippen LogP contribution in [0.2, 0.25) is 0 Å². The van der Waals surface area contributed by atoms with Crippen molar-refractivity contribution >= 4 is 22.9 Å². The topological polar surface area (TPSA) is 92.0 Å². The largest absolute Gasteiger partial charge is 0.493 e. The van der Waals surface area contributed by atoms with Crippen LogP contribution in [0.1, 0.15) is 29.6 Å². The summed E-state index contributed by atoms with van der Waals surface area (Å²) in [5.41, 5.74) is 0.234. The van der Waals surface area contributed by atoms with E-state index in [1.54, 1.807) is 42.5 Å². The van der Waals surface area contributed by atoms with Crippen LogP contribution in [0.4, 0.5) is 0 Å². The molecule has 0 N–H and O–H groups in total. The van der Waals surface area contributed by atoms with Gasteiger partial charge in [0.2, 0.25) is 0 Å². The summed E-state index contributed by atoms with van der Waals surface area (Å²) in [7, 11) is 0. The fourth-order valence-electron chi connectivity index (χ4n) is 4.54. The van der Waals surface area contributed by atoms with E-state index < -0.39 is 11.6 Å². The fraction of sp³-hybridized carbons (Fsp3) is 0.296. The minimum Gasteiger partial charge on any atom is -0.493 e. The Morgan fingerprint density at radius 2 is 1.71 bits per heavy atom. The van der Waals surface area contributed by atoms with E-state index in [-0.39, 0.29) is 17.6 Å². The van der Waals surface area contributed by atoms with Crippen LogP contribution < -0.4 is 15.1 Å². The van der Waals surface area contributed by atoms with Crippen molar-refractivity contribution in [3.63, 3.8) is 0 Å². The lowest BCUT2D eigenvalue weighted by molar-refractivity contribution is -0.149. The predicted octanol–water partition coefficient (Wildman–Crippen LogP) is 4.54. The number of fused-ring (bicyclic) bond motifs is 3. The van der Waals surface area contributed by atoms with Crippen molar-refractivity contribution in [1.29, 1.82) is 0 Å². The third-order valence-corrected chi connectivity index (χ3v) is 6.28. The zero-order chi connectivity index (χ0) is 23.5. The number of carbonyl (C=O) groups is 2. The van der Waals surface area contributed by atoms with E-state index in [4.69, 9.17) is 18.6 Å². The first-order chi connectivity index (χ1) is 16.5. The van der Waals surface area contributed by atoms with Crippen molar-refractivity contribution in [3.05, 3.63) is 82.7 Å². The average molecular weight is 460 g/mol. The highest BCUT2D eigenvalue weighted by atomic mass is 16.5. The maximum absolute atomic E-state index is 12.4. The van der Waals surface area contributed by atoms with Crippen LogP contribution in [-0.2, 0) is 9.53 Å². The third-order valence-electron chi connectivity index (χ3n) is 6.28. The van der Waals surface area contributed by atoms with E-state index >= 15 is 0 Å². The Hall–Kier alpha value is -3.87. The first kappa shape index (κ1) is 21.9. The number of hydrogen-bond acceptors (Lipinski definition) is 7. The van der Waals surface area contributed by atoms with E-state index in [1.165, 1.54) is 12.1 Å². The van der Waals surface area contributed by atoms with Gasteiger partial charge in [0.15, 0.2) is 0 Å². The second-order valence-corrected chi connectivity index (χ2v) is 8.62. The maximum atomic E-state index is 12.4. The molecular formula is C27H24O7. The smallest absolute Gasteiger partial charge is 0.343 e. The summed E-state index contributed by atoms with van der Waals surface area (Å²) in [6, 6.07) is 14.4. The zero-order valence-electron chi connectivity index (χ0n) is 18.5. The quantitative estimate of drug-likeness (QED) is 0.160. The van der Waals surface area contributed by atoms with Crippen molar-refractivity contribution in [2.75, 3.05) is 13.2 Å². The van der Waals surface area contributed by atoms with Crippen molar-refractivity contribution in [1.82, 2.24) is 0 Å². The average Bonchev–Trinajstić information content (AvgIpc) is 3.48. The first-order valence-corrected chi connectivity index (χ1v) is 11.4. The molecule has 3 atom stereocenters. The molecule has 2 aliphatic rings. The summed E-state index contributed by atoms with van der Waals surface area (Å²) in [5.74, 6) is 1.15. The zero-order valence-corrected chi connectivity index (χ0v) is 18.5. The Bertz CT molecular complexity index is 1290. The summed E-state index contributed by atoms with van der Waals surface area (Å²) < 4.78 is 21.6. The molecular weight excluding hydrogens is 436 g/mol. The molecule has 1 unspecified atom stereocenters. The maximum Gasteiger partial charge on any atom is 0.343 e. The molecule has 3 aromatic rings. The normalized spacial score (nSPS) is 20.4. The molecule has 0 aliphatic heterocycles. The van der Waals surface area contributed by atoms with Crippen LogP contribution >= 0.6 is 0 Å². The highest BCUT2D eigenvalue weighted by molar-refractivity contribution is 5.91. The minimum atomic E-state index is -0.536. The van der Waals surface area contributed by atoms with Gasteiger partial charge in [-0.15, -0.1) is 0 Å². The van der Waals surface area contributed by atoms with Crippen molar-refractivity contribution in [2.24, 2.45) is 17.8 Å². The summed E-state index contributed by atoms with van der Waals surface area (Å²) in [5, 5.41) is 0.735. The highest BCUT2D eigenvalue weighted by Gasteiger charge is 2.40. The van der Waals surface area contributed by atoms with Gasteiger partial charge in [-0.2, -0.15) is 0 Å². The molecule has 0 spiro atoms.